The summed E-state index contributed by atoms with van der Waals surface area (Å²) in [7, 11) is 0. The lowest BCUT2D eigenvalue weighted by molar-refractivity contribution is -0.140. The minimum Gasteiger partial charge on any atom is -0.480 e. The Kier molecular flexibility index (Phi) is 4.96. The maximum Gasteiger partial charge on any atom is 0.323 e. The molecule has 1 amide bonds. The normalized spacial score (nSPS) is 25.9. The molecule has 2 saturated heterocycles. The Bertz CT molecular complexity index is 854. The van der Waals surface area contributed by atoms with Crippen LogP contribution in [0.15, 0.2) is 23.1 Å². The molecule has 0 radical (unpaired) electrons. The Morgan fingerprint density at radius 3 is 3.04 bits per heavy atom. The number of hydrogen-bond donors (Lipinski definition) is 1. The predicted molar refractivity (Wildman–Crippen MR) is 109 cm³/mol. The zero-order chi connectivity index (χ0) is 19.1. The van der Waals surface area contributed by atoms with Crippen LogP contribution in [-0.4, -0.2) is 58.5 Å². The van der Waals surface area contributed by atoms with Gasteiger partial charge >= 0.3 is 5.97 Å². The SMILES string of the molecule is CCN1c2ccc(/C=C3\SC(=S)N(CC(=O)O)C3=O)cc2C2COCCC21. The van der Waals surface area contributed by atoms with E-state index in [4.69, 9.17) is 22.1 Å². The van der Waals surface area contributed by atoms with Gasteiger partial charge in [-0.3, -0.25) is 14.5 Å². The molecule has 2 unspecified atom stereocenters. The molecule has 142 valence electrons. The minimum absolute atomic E-state index is 0.285. The number of carboxylic acids is 1. The van der Waals surface area contributed by atoms with Crippen molar-refractivity contribution in [1.29, 1.82) is 0 Å². The largest absolute Gasteiger partial charge is 0.480 e. The van der Waals surface area contributed by atoms with Gasteiger partial charge < -0.3 is 14.7 Å². The Morgan fingerprint density at radius 1 is 1.48 bits per heavy atom. The maximum absolute atomic E-state index is 12.5. The van der Waals surface area contributed by atoms with Gasteiger partial charge in [0.25, 0.3) is 5.91 Å². The molecule has 4 rings (SSSR count). The molecular weight excluding hydrogens is 384 g/mol. The van der Waals surface area contributed by atoms with Crippen LogP contribution in [0.1, 0.15) is 30.4 Å². The molecule has 2 fully saturated rings. The Labute approximate surface area is 167 Å². The lowest BCUT2D eigenvalue weighted by atomic mass is 9.91. The van der Waals surface area contributed by atoms with Gasteiger partial charge in [-0.15, -0.1) is 0 Å². The topological polar surface area (TPSA) is 70.1 Å². The van der Waals surface area contributed by atoms with Gasteiger partial charge in [0.15, 0.2) is 0 Å². The number of carbonyl (C=O) groups is 2. The number of benzene rings is 1. The van der Waals surface area contributed by atoms with E-state index in [1.54, 1.807) is 6.08 Å². The van der Waals surface area contributed by atoms with Gasteiger partial charge in [-0.25, -0.2) is 0 Å². The number of carboxylic acid groups (broad SMARTS) is 1. The van der Waals surface area contributed by atoms with Crippen molar-refractivity contribution >= 4 is 51.9 Å². The van der Waals surface area contributed by atoms with Gasteiger partial charge in [-0.05, 0) is 42.7 Å². The number of hydrogen-bond acceptors (Lipinski definition) is 6. The Hall–Kier alpha value is -1.90. The van der Waals surface area contributed by atoms with E-state index in [0.717, 1.165) is 48.4 Å². The van der Waals surface area contributed by atoms with Gasteiger partial charge in [0, 0.05) is 30.8 Å². The summed E-state index contributed by atoms with van der Waals surface area (Å²) in [5.41, 5.74) is 3.43. The van der Waals surface area contributed by atoms with E-state index in [9.17, 15) is 9.59 Å². The first-order valence-electron chi connectivity index (χ1n) is 8.95. The fourth-order valence-corrected chi connectivity index (χ4v) is 5.38. The molecule has 0 spiro atoms. The number of amides is 1. The number of fused-ring (bicyclic) bond motifs is 3. The lowest BCUT2D eigenvalue weighted by Crippen LogP contribution is -2.39. The summed E-state index contributed by atoms with van der Waals surface area (Å²) in [6.07, 6.45) is 2.82. The average Bonchev–Trinajstić information content (AvgIpc) is 3.10. The second-order valence-corrected chi connectivity index (χ2v) is 8.48. The van der Waals surface area contributed by atoms with E-state index in [0.29, 0.717) is 16.9 Å². The standard InChI is InChI=1S/C19H20N2O4S2/c1-2-20-14-4-3-11(7-12(14)13-10-25-6-5-15(13)20)8-16-18(24)21(9-17(22)23)19(26)27-16/h3-4,7-8,13,15H,2,5-6,9-10H2,1H3,(H,22,23)/b16-8-. The van der Waals surface area contributed by atoms with Crippen molar-refractivity contribution in [3.05, 3.63) is 34.2 Å². The highest BCUT2D eigenvalue weighted by Gasteiger charge is 2.40. The van der Waals surface area contributed by atoms with Crippen molar-refractivity contribution in [2.24, 2.45) is 0 Å². The molecule has 1 aromatic rings. The fraction of sp³-hybridized carbons (Fsp3) is 0.421. The first-order valence-corrected chi connectivity index (χ1v) is 10.2. The minimum atomic E-state index is -1.08. The highest BCUT2D eigenvalue weighted by atomic mass is 32.2. The van der Waals surface area contributed by atoms with Crippen molar-refractivity contribution in [3.8, 4) is 0 Å². The van der Waals surface area contributed by atoms with Gasteiger partial charge in [0.1, 0.15) is 10.9 Å². The summed E-state index contributed by atoms with van der Waals surface area (Å²) in [6, 6.07) is 6.72. The van der Waals surface area contributed by atoms with Crippen LogP contribution in [0.4, 0.5) is 5.69 Å². The summed E-state index contributed by atoms with van der Waals surface area (Å²) < 4.78 is 5.99. The third-order valence-corrected chi connectivity index (χ3v) is 6.66. The number of rotatable bonds is 4. The number of likely N-dealkylation sites (N-methyl/N-ethyl adjacent to an activating group) is 1. The highest BCUT2D eigenvalue weighted by Crippen LogP contribution is 2.44. The molecule has 0 bridgehead atoms. The van der Waals surface area contributed by atoms with E-state index in [1.165, 1.54) is 11.3 Å². The number of carbonyl (C=O) groups excluding carboxylic acids is 1. The monoisotopic (exact) mass is 404 g/mol. The molecule has 3 aliphatic heterocycles. The van der Waals surface area contributed by atoms with E-state index >= 15 is 0 Å². The van der Waals surface area contributed by atoms with Crippen molar-refractivity contribution < 1.29 is 19.4 Å². The summed E-state index contributed by atoms with van der Waals surface area (Å²) in [5, 5.41) is 8.95. The third kappa shape index (κ3) is 3.26. The quantitative estimate of drug-likeness (QED) is 0.611. The fourth-order valence-electron chi connectivity index (χ4n) is 4.12. The summed E-state index contributed by atoms with van der Waals surface area (Å²) in [6.45, 7) is 4.24. The van der Waals surface area contributed by atoms with Crippen molar-refractivity contribution in [3.63, 3.8) is 0 Å². The molecule has 2 atom stereocenters. The molecule has 0 saturated carbocycles. The smallest absolute Gasteiger partial charge is 0.323 e. The Balaban J connectivity index is 1.64. The van der Waals surface area contributed by atoms with Crippen LogP contribution in [0.25, 0.3) is 6.08 Å². The molecule has 27 heavy (non-hydrogen) atoms. The molecule has 3 aliphatic rings. The zero-order valence-corrected chi connectivity index (χ0v) is 16.5. The van der Waals surface area contributed by atoms with E-state index < -0.39 is 12.5 Å². The van der Waals surface area contributed by atoms with Crippen molar-refractivity contribution in [2.45, 2.75) is 25.3 Å². The molecule has 8 heteroatoms. The van der Waals surface area contributed by atoms with Crippen LogP contribution in [0.3, 0.4) is 0 Å². The van der Waals surface area contributed by atoms with Gasteiger partial charge in [0.2, 0.25) is 0 Å². The molecule has 0 aliphatic carbocycles. The lowest BCUT2D eigenvalue weighted by Gasteiger charge is -2.32. The molecule has 1 aromatic carbocycles. The number of thiocarbonyl (C=S) groups is 1. The van der Waals surface area contributed by atoms with Gasteiger partial charge in [-0.2, -0.15) is 0 Å². The molecule has 6 nitrogen and oxygen atoms in total. The number of aliphatic carboxylic acids is 1. The maximum atomic E-state index is 12.5. The van der Waals surface area contributed by atoms with Crippen molar-refractivity contribution in [1.82, 2.24) is 4.90 Å². The number of anilines is 1. The van der Waals surface area contributed by atoms with E-state index in [1.807, 2.05) is 6.07 Å². The average molecular weight is 405 g/mol. The first kappa shape index (κ1) is 18.5. The van der Waals surface area contributed by atoms with Gasteiger partial charge in [-0.1, -0.05) is 30.0 Å². The van der Waals surface area contributed by atoms with Crippen LogP contribution in [0.2, 0.25) is 0 Å². The summed E-state index contributed by atoms with van der Waals surface area (Å²) >= 11 is 6.31. The first-order chi connectivity index (χ1) is 13.0. The third-order valence-electron chi connectivity index (χ3n) is 5.29. The number of thioether (sulfide) groups is 1. The van der Waals surface area contributed by atoms with Gasteiger partial charge in [0.05, 0.1) is 11.5 Å². The Morgan fingerprint density at radius 2 is 2.30 bits per heavy atom. The summed E-state index contributed by atoms with van der Waals surface area (Å²) in [4.78, 5) is 27.4. The van der Waals surface area contributed by atoms with Crippen LogP contribution in [0, 0.1) is 0 Å². The molecule has 0 aromatic heterocycles. The van der Waals surface area contributed by atoms with Crippen molar-refractivity contribution in [2.75, 3.05) is 31.2 Å². The predicted octanol–water partition coefficient (Wildman–Crippen LogP) is 2.68. The second kappa shape index (κ2) is 7.26. The molecule has 3 heterocycles. The summed E-state index contributed by atoms with van der Waals surface area (Å²) in [5.74, 6) is -1.07. The van der Waals surface area contributed by atoms with Crippen LogP contribution in [-0.2, 0) is 14.3 Å². The number of nitrogens with zero attached hydrogens (tertiary/aromatic N) is 2. The zero-order valence-electron chi connectivity index (χ0n) is 14.9. The van der Waals surface area contributed by atoms with Crippen LogP contribution >= 0.6 is 24.0 Å². The molecular formula is C19H20N2O4S2. The second-order valence-electron chi connectivity index (χ2n) is 6.80. The number of ether oxygens (including phenoxy) is 1. The van der Waals surface area contributed by atoms with Crippen LogP contribution < -0.4 is 4.90 Å². The van der Waals surface area contributed by atoms with Crippen LogP contribution in [0.5, 0.6) is 0 Å². The molecule has 1 N–H and O–H groups in total. The van der Waals surface area contributed by atoms with E-state index in [-0.39, 0.29) is 10.2 Å². The van der Waals surface area contributed by atoms with E-state index in [2.05, 4.69) is 24.0 Å². The highest BCUT2D eigenvalue weighted by molar-refractivity contribution is 8.26.